The number of benzene rings is 4. The van der Waals surface area contributed by atoms with Crippen LogP contribution in [0.1, 0.15) is 30.0 Å². The molecule has 9 nitrogen and oxygen atoms in total. The number of nitrogens with one attached hydrogen (secondary N) is 1. The minimum absolute atomic E-state index is 0.0232. The van der Waals surface area contributed by atoms with Crippen LogP contribution in [0, 0.1) is 10.1 Å². The lowest BCUT2D eigenvalue weighted by atomic mass is 9.96. The van der Waals surface area contributed by atoms with Crippen molar-refractivity contribution in [2.24, 2.45) is 5.14 Å². The number of Topliss-reactive ketones (excluding diaryl/α,β-unsaturated/α-hetero) is 1. The summed E-state index contributed by atoms with van der Waals surface area (Å²) >= 11 is 0. The highest BCUT2D eigenvalue weighted by atomic mass is 32.2. The van der Waals surface area contributed by atoms with Crippen LogP contribution in [-0.4, -0.2) is 26.2 Å². The van der Waals surface area contributed by atoms with Crippen LogP contribution < -0.4 is 15.2 Å². The summed E-state index contributed by atoms with van der Waals surface area (Å²) in [5, 5.41) is 21.8. The molecule has 38 heavy (non-hydrogen) atoms. The number of hydrogen-bond acceptors (Lipinski definition) is 7. The fraction of sp³-hybridized carbons (Fsp3) is 0.179. The summed E-state index contributed by atoms with van der Waals surface area (Å²) in [6, 6.07) is 23.2. The molecule has 0 saturated carbocycles. The largest absolute Gasteiger partial charge is 0.497 e. The second-order valence-electron chi connectivity index (χ2n) is 8.91. The van der Waals surface area contributed by atoms with Gasteiger partial charge in [0.25, 0.3) is 5.69 Å². The number of sulfonamides is 1. The van der Waals surface area contributed by atoms with Gasteiger partial charge in [-0.2, -0.15) is 0 Å². The van der Waals surface area contributed by atoms with Crippen LogP contribution in [0.2, 0.25) is 0 Å². The molecule has 0 fully saturated rings. The molecular formula is C28H27N3O6S. The highest BCUT2D eigenvalue weighted by Gasteiger charge is 2.19. The molecular weight excluding hydrogens is 506 g/mol. The molecule has 3 N–H and O–H groups in total. The summed E-state index contributed by atoms with van der Waals surface area (Å²) in [6.07, 6.45) is 0.924. The SMILES string of the molecule is COc1ccc2cc(CCC(=O)CC(Nc3ccc(S(N)(=O)=O)cc3)c3cccc([N+](=O)[O-])c3)ccc2c1. The number of rotatable bonds is 11. The van der Waals surface area contributed by atoms with Gasteiger partial charge in [-0.15, -0.1) is 0 Å². The lowest BCUT2D eigenvalue weighted by Gasteiger charge is -2.20. The lowest BCUT2D eigenvalue weighted by molar-refractivity contribution is -0.384. The number of fused-ring (bicyclic) bond motifs is 1. The summed E-state index contributed by atoms with van der Waals surface area (Å²) in [7, 11) is -2.23. The number of ether oxygens (including phenoxy) is 1. The Labute approximate surface area is 220 Å². The number of carbonyl (C=O) groups is 1. The monoisotopic (exact) mass is 533 g/mol. The quantitative estimate of drug-likeness (QED) is 0.201. The second kappa shape index (κ2) is 11.4. The highest BCUT2D eigenvalue weighted by Crippen LogP contribution is 2.28. The highest BCUT2D eigenvalue weighted by molar-refractivity contribution is 7.89. The van der Waals surface area contributed by atoms with Gasteiger partial charge in [-0.05, 0) is 64.7 Å². The molecule has 0 radical (unpaired) electrons. The molecule has 10 heteroatoms. The van der Waals surface area contributed by atoms with Gasteiger partial charge < -0.3 is 10.1 Å². The second-order valence-corrected chi connectivity index (χ2v) is 10.5. The molecule has 0 aliphatic heterocycles. The van der Waals surface area contributed by atoms with Crippen LogP contribution in [0.25, 0.3) is 10.8 Å². The first-order valence-corrected chi connectivity index (χ1v) is 13.4. The maximum atomic E-state index is 13.1. The van der Waals surface area contributed by atoms with Crippen LogP contribution in [0.3, 0.4) is 0 Å². The van der Waals surface area contributed by atoms with Gasteiger partial charge in [-0.1, -0.05) is 36.4 Å². The van der Waals surface area contributed by atoms with Crippen molar-refractivity contribution in [2.45, 2.75) is 30.2 Å². The van der Waals surface area contributed by atoms with E-state index in [2.05, 4.69) is 5.32 Å². The van der Waals surface area contributed by atoms with Gasteiger partial charge in [0.1, 0.15) is 11.5 Å². The molecule has 0 spiro atoms. The number of aryl methyl sites for hydroxylation is 1. The molecule has 0 bridgehead atoms. The number of hydrogen-bond donors (Lipinski definition) is 2. The Kier molecular flexibility index (Phi) is 8.04. The molecule has 4 rings (SSSR count). The number of nitrogens with zero attached hydrogens (tertiary/aromatic N) is 1. The number of carbonyl (C=O) groups excluding carboxylic acids is 1. The molecule has 0 amide bonds. The number of non-ortho nitro benzene ring substituents is 1. The molecule has 4 aromatic rings. The Hall–Kier alpha value is -4.28. The fourth-order valence-corrected chi connectivity index (χ4v) is 4.73. The molecule has 4 aromatic carbocycles. The number of primary sulfonamides is 1. The summed E-state index contributed by atoms with van der Waals surface area (Å²) in [5.41, 5.74) is 2.06. The van der Waals surface area contributed by atoms with E-state index in [0.717, 1.165) is 22.1 Å². The third-order valence-corrected chi connectivity index (χ3v) is 7.17. The standard InChI is InChI=1S/C28H27N3O6S/c1-37-26-12-8-20-15-19(5-7-21(20)17-26)6-11-25(32)18-28(22-3-2-4-24(16-22)31(33)34)30-23-9-13-27(14-10-23)38(29,35)36/h2-5,7-10,12-17,28,30H,6,11,18H2,1H3,(H2,29,35,36). The average Bonchev–Trinajstić information content (AvgIpc) is 2.91. The van der Waals surface area contributed by atoms with Crippen LogP contribution in [0.4, 0.5) is 11.4 Å². The first-order chi connectivity index (χ1) is 18.1. The molecule has 0 aliphatic rings. The van der Waals surface area contributed by atoms with E-state index in [-0.39, 0.29) is 22.8 Å². The van der Waals surface area contributed by atoms with Gasteiger partial charge in [-0.25, -0.2) is 13.6 Å². The van der Waals surface area contributed by atoms with E-state index in [4.69, 9.17) is 9.88 Å². The van der Waals surface area contributed by atoms with Crippen molar-refractivity contribution in [3.63, 3.8) is 0 Å². The maximum Gasteiger partial charge on any atom is 0.269 e. The molecule has 1 unspecified atom stereocenters. The summed E-state index contributed by atoms with van der Waals surface area (Å²) < 4.78 is 28.4. The Bertz CT molecular complexity index is 1590. The number of nitro groups is 1. The molecule has 0 aromatic heterocycles. The van der Waals surface area contributed by atoms with Gasteiger partial charge >= 0.3 is 0 Å². The Morgan fingerprint density at radius 2 is 1.71 bits per heavy atom. The van der Waals surface area contributed by atoms with Gasteiger partial charge in [0.2, 0.25) is 10.0 Å². The molecule has 1 atom stereocenters. The molecule has 0 saturated heterocycles. The van der Waals surface area contributed by atoms with E-state index in [9.17, 15) is 23.3 Å². The predicted molar refractivity (Wildman–Crippen MR) is 146 cm³/mol. The Balaban J connectivity index is 1.50. The van der Waals surface area contributed by atoms with Crippen molar-refractivity contribution in [3.8, 4) is 5.75 Å². The van der Waals surface area contributed by atoms with Crippen molar-refractivity contribution in [3.05, 3.63) is 106 Å². The van der Waals surface area contributed by atoms with E-state index >= 15 is 0 Å². The summed E-state index contributed by atoms with van der Waals surface area (Å²) in [4.78, 5) is 23.8. The third-order valence-electron chi connectivity index (χ3n) is 6.24. The zero-order valence-electron chi connectivity index (χ0n) is 20.7. The topological polar surface area (TPSA) is 142 Å². The van der Waals surface area contributed by atoms with Gasteiger partial charge in [0.15, 0.2) is 0 Å². The summed E-state index contributed by atoms with van der Waals surface area (Å²) in [5.74, 6) is 0.754. The van der Waals surface area contributed by atoms with E-state index in [0.29, 0.717) is 24.1 Å². The molecule has 0 aliphatic carbocycles. The van der Waals surface area contributed by atoms with Crippen LogP contribution in [-0.2, 0) is 21.2 Å². The van der Waals surface area contributed by atoms with E-state index in [1.54, 1.807) is 31.4 Å². The maximum absolute atomic E-state index is 13.1. The van der Waals surface area contributed by atoms with Crippen molar-refractivity contribution in [1.29, 1.82) is 0 Å². The van der Waals surface area contributed by atoms with Crippen LogP contribution >= 0.6 is 0 Å². The molecule has 196 valence electrons. The minimum atomic E-state index is -3.85. The average molecular weight is 534 g/mol. The predicted octanol–water partition coefficient (Wildman–Crippen LogP) is 5.15. The van der Waals surface area contributed by atoms with Gasteiger partial charge in [0.05, 0.1) is 23.0 Å². The van der Waals surface area contributed by atoms with E-state index in [1.165, 1.54) is 24.3 Å². The van der Waals surface area contributed by atoms with Gasteiger partial charge in [-0.3, -0.25) is 14.9 Å². The fourth-order valence-electron chi connectivity index (χ4n) is 4.22. The smallest absolute Gasteiger partial charge is 0.269 e. The van der Waals surface area contributed by atoms with Gasteiger partial charge in [0, 0.05) is 30.7 Å². The normalized spacial score (nSPS) is 12.2. The number of nitrogens with two attached hydrogens (primary N) is 1. The number of ketones is 1. The van der Waals surface area contributed by atoms with E-state index < -0.39 is 21.0 Å². The number of nitro benzene ring substituents is 1. The van der Waals surface area contributed by atoms with E-state index in [1.807, 2.05) is 36.4 Å². The van der Waals surface area contributed by atoms with Crippen LogP contribution in [0.15, 0.2) is 89.8 Å². The Morgan fingerprint density at radius 3 is 2.39 bits per heavy atom. The van der Waals surface area contributed by atoms with Crippen molar-refractivity contribution in [1.82, 2.24) is 0 Å². The zero-order chi connectivity index (χ0) is 27.3. The minimum Gasteiger partial charge on any atom is -0.497 e. The van der Waals surface area contributed by atoms with Crippen molar-refractivity contribution >= 4 is 38.0 Å². The van der Waals surface area contributed by atoms with Crippen molar-refractivity contribution in [2.75, 3.05) is 12.4 Å². The Morgan fingerprint density at radius 1 is 1.00 bits per heavy atom. The number of anilines is 1. The zero-order valence-corrected chi connectivity index (χ0v) is 21.5. The van der Waals surface area contributed by atoms with Crippen molar-refractivity contribution < 1.29 is 22.9 Å². The number of methoxy groups -OCH3 is 1. The first kappa shape index (κ1) is 26.8. The lowest BCUT2D eigenvalue weighted by Crippen LogP contribution is -2.17. The third kappa shape index (κ3) is 6.72. The molecule has 0 heterocycles. The first-order valence-electron chi connectivity index (χ1n) is 11.8. The van der Waals surface area contributed by atoms with Crippen LogP contribution in [0.5, 0.6) is 5.75 Å². The summed E-state index contributed by atoms with van der Waals surface area (Å²) in [6.45, 7) is 0.